The van der Waals surface area contributed by atoms with Crippen molar-refractivity contribution in [1.29, 1.82) is 0 Å². The fourth-order valence-electron chi connectivity index (χ4n) is 3.75. The molecule has 2 heterocycles. The number of nitrogens with zero attached hydrogens (tertiary/aromatic N) is 3. The number of carbonyl (C=O) groups is 1. The van der Waals surface area contributed by atoms with Crippen LogP contribution >= 0.6 is 0 Å². The minimum atomic E-state index is -0.206. The SMILES string of the molecule is Cc1nc2cc(=O)[nH]n2c(C)c1CC(=O)N(CCc1ccccc1)c1ccccc1. The number of aryl methyl sites for hydroxylation is 2. The molecular formula is C24H24N4O2. The van der Waals surface area contributed by atoms with E-state index in [4.69, 9.17) is 0 Å². The van der Waals surface area contributed by atoms with Gasteiger partial charge >= 0.3 is 0 Å². The van der Waals surface area contributed by atoms with Gasteiger partial charge in [-0.05, 0) is 38.0 Å². The van der Waals surface area contributed by atoms with Gasteiger partial charge in [-0.3, -0.25) is 14.7 Å². The molecule has 0 aliphatic rings. The number of amides is 1. The maximum atomic E-state index is 13.4. The summed E-state index contributed by atoms with van der Waals surface area (Å²) in [6.45, 7) is 4.36. The molecule has 1 N–H and O–H groups in total. The monoisotopic (exact) mass is 400 g/mol. The normalized spacial score (nSPS) is 11.0. The average Bonchev–Trinajstić information content (AvgIpc) is 3.13. The molecule has 2 aromatic heterocycles. The van der Waals surface area contributed by atoms with Crippen LogP contribution in [-0.4, -0.2) is 27.0 Å². The molecule has 4 rings (SSSR count). The summed E-state index contributed by atoms with van der Waals surface area (Å²) in [7, 11) is 0. The van der Waals surface area contributed by atoms with E-state index < -0.39 is 0 Å². The number of fused-ring (bicyclic) bond motifs is 1. The number of hydrogen-bond acceptors (Lipinski definition) is 3. The highest BCUT2D eigenvalue weighted by molar-refractivity contribution is 5.95. The molecule has 2 aromatic carbocycles. The fourth-order valence-corrected chi connectivity index (χ4v) is 3.75. The third-order valence-corrected chi connectivity index (χ3v) is 5.37. The van der Waals surface area contributed by atoms with Crippen LogP contribution in [0.15, 0.2) is 71.5 Å². The van der Waals surface area contributed by atoms with Crippen LogP contribution in [0.5, 0.6) is 0 Å². The first kappa shape index (κ1) is 19.6. The lowest BCUT2D eigenvalue weighted by molar-refractivity contribution is -0.118. The van der Waals surface area contributed by atoms with Gasteiger partial charge < -0.3 is 4.90 Å². The van der Waals surface area contributed by atoms with Crippen LogP contribution in [0.1, 0.15) is 22.5 Å². The lowest BCUT2D eigenvalue weighted by Crippen LogP contribution is -2.34. The van der Waals surface area contributed by atoms with Crippen molar-refractivity contribution in [3.63, 3.8) is 0 Å². The molecule has 0 bridgehead atoms. The number of nitrogens with one attached hydrogen (secondary N) is 1. The molecule has 152 valence electrons. The molecule has 0 radical (unpaired) electrons. The van der Waals surface area contributed by atoms with Crippen LogP contribution in [0.2, 0.25) is 0 Å². The molecule has 0 saturated carbocycles. The summed E-state index contributed by atoms with van der Waals surface area (Å²) in [4.78, 5) is 31.4. The number of hydrogen-bond donors (Lipinski definition) is 1. The molecule has 0 aliphatic heterocycles. The van der Waals surface area contributed by atoms with Crippen LogP contribution in [0.25, 0.3) is 5.65 Å². The molecule has 4 aromatic rings. The molecule has 6 heteroatoms. The Bertz CT molecular complexity index is 1230. The van der Waals surface area contributed by atoms with E-state index in [1.807, 2.05) is 67.3 Å². The summed E-state index contributed by atoms with van der Waals surface area (Å²) in [5.74, 6) is -0.000941. The van der Waals surface area contributed by atoms with E-state index in [1.54, 1.807) is 4.52 Å². The second-order valence-corrected chi connectivity index (χ2v) is 7.37. The summed E-state index contributed by atoms with van der Waals surface area (Å²) in [6, 6.07) is 21.3. The number of anilines is 1. The van der Waals surface area contributed by atoms with Gasteiger partial charge in [-0.1, -0.05) is 48.5 Å². The highest BCUT2D eigenvalue weighted by Gasteiger charge is 2.20. The van der Waals surface area contributed by atoms with Crippen molar-refractivity contribution in [2.24, 2.45) is 0 Å². The Kier molecular flexibility index (Phi) is 5.48. The van der Waals surface area contributed by atoms with Gasteiger partial charge in [-0.2, -0.15) is 0 Å². The molecule has 0 spiro atoms. The Morgan fingerprint density at radius 1 is 1.03 bits per heavy atom. The molecule has 0 fully saturated rings. The third-order valence-electron chi connectivity index (χ3n) is 5.37. The lowest BCUT2D eigenvalue weighted by atomic mass is 10.1. The molecule has 6 nitrogen and oxygen atoms in total. The summed E-state index contributed by atoms with van der Waals surface area (Å²) in [5.41, 5.74) is 4.83. The first-order valence-corrected chi connectivity index (χ1v) is 10.00. The van der Waals surface area contributed by atoms with Gasteiger partial charge in [-0.25, -0.2) is 9.50 Å². The Hall–Kier alpha value is -3.67. The largest absolute Gasteiger partial charge is 0.312 e. The zero-order chi connectivity index (χ0) is 21.1. The van der Waals surface area contributed by atoms with E-state index in [2.05, 4.69) is 22.2 Å². The van der Waals surface area contributed by atoms with Crippen LogP contribution < -0.4 is 10.5 Å². The van der Waals surface area contributed by atoms with E-state index in [1.165, 1.54) is 11.6 Å². The zero-order valence-corrected chi connectivity index (χ0v) is 17.1. The van der Waals surface area contributed by atoms with Crippen molar-refractivity contribution in [1.82, 2.24) is 14.6 Å². The maximum Gasteiger partial charge on any atom is 0.266 e. The zero-order valence-electron chi connectivity index (χ0n) is 17.1. The second kappa shape index (κ2) is 8.37. The van der Waals surface area contributed by atoms with Crippen molar-refractivity contribution in [2.75, 3.05) is 11.4 Å². The van der Waals surface area contributed by atoms with Crippen molar-refractivity contribution in [3.05, 3.63) is 99.6 Å². The first-order chi connectivity index (χ1) is 14.5. The Balaban J connectivity index is 1.63. The Morgan fingerprint density at radius 2 is 1.70 bits per heavy atom. The topological polar surface area (TPSA) is 70.5 Å². The Labute approximate surface area is 174 Å². The predicted octanol–water partition coefficient (Wildman–Crippen LogP) is 3.46. The van der Waals surface area contributed by atoms with E-state index in [9.17, 15) is 9.59 Å². The van der Waals surface area contributed by atoms with Gasteiger partial charge in [0.15, 0.2) is 5.65 Å². The van der Waals surface area contributed by atoms with Crippen molar-refractivity contribution >= 4 is 17.2 Å². The first-order valence-electron chi connectivity index (χ1n) is 10.00. The van der Waals surface area contributed by atoms with Crippen molar-refractivity contribution < 1.29 is 4.79 Å². The van der Waals surface area contributed by atoms with Gasteiger partial charge in [0.2, 0.25) is 5.91 Å². The van der Waals surface area contributed by atoms with Crippen LogP contribution in [0.4, 0.5) is 5.69 Å². The minimum Gasteiger partial charge on any atom is -0.312 e. The predicted molar refractivity (Wildman–Crippen MR) is 118 cm³/mol. The summed E-state index contributed by atoms with van der Waals surface area (Å²) in [6.07, 6.45) is 0.978. The van der Waals surface area contributed by atoms with Gasteiger partial charge in [0.1, 0.15) is 0 Å². The number of aromatic nitrogens is 3. The summed E-state index contributed by atoms with van der Waals surface area (Å²) in [5, 5.41) is 2.75. The molecule has 0 aliphatic carbocycles. The lowest BCUT2D eigenvalue weighted by Gasteiger charge is -2.24. The fraction of sp³-hybridized carbons (Fsp3) is 0.208. The number of aromatic amines is 1. The smallest absolute Gasteiger partial charge is 0.266 e. The molecule has 30 heavy (non-hydrogen) atoms. The summed E-state index contributed by atoms with van der Waals surface area (Å²) >= 11 is 0. The highest BCUT2D eigenvalue weighted by atomic mass is 16.2. The van der Waals surface area contributed by atoms with E-state index in [-0.39, 0.29) is 17.9 Å². The van der Waals surface area contributed by atoms with Gasteiger partial charge in [0.05, 0.1) is 6.42 Å². The van der Waals surface area contributed by atoms with Crippen LogP contribution in [-0.2, 0) is 17.6 Å². The molecule has 1 amide bonds. The number of rotatable bonds is 6. The number of carbonyl (C=O) groups excluding carboxylic acids is 1. The maximum absolute atomic E-state index is 13.4. The third kappa shape index (κ3) is 4.03. The highest BCUT2D eigenvalue weighted by Crippen LogP contribution is 2.19. The van der Waals surface area contributed by atoms with Crippen molar-refractivity contribution in [2.45, 2.75) is 26.7 Å². The quantitative estimate of drug-likeness (QED) is 0.539. The minimum absolute atomic E-state index is 0.000941. The Morgan fingerprint density at radius 3 is 2.40 bits per heavy atom. The molecular weight excluding hydrogens is 376 g/mol. The van der Waals surface area contributed by atoms with E-state index >= 15 is 0 Å². The van der Waals surface area contributed by atoms with Gasteiger partial charge in [0.25, 0.3) is 5.56 Å². The number of benzene rings is 2. The molecule has 0 saturated heterocycles. The van der Waals surface area contributed by atoms with Crippen molar-refractivity contribution in [3.8, 4) is 0 Å². The number of para-hydroxylation sites is 1. The second-order valence-electron chi connectivity index (χ2n) is 7.37. The molecule has 0 unspecified atom stereocenters. The van der Waals surface area contributed by atoms with Gasteiger partial charge in [0, 0.05) is 35.2 Å². The average molecular weight is 400 g/mol. The van der Waals surface area contributed by atoms with Crippen LogP contribution in [0, 0.1) is 13.8 Å². The van der Waals surface area contributed by atoms with E-state index in [0.29, 0.717) is 12.2 Å². The number of H-pyrrole nitrogens is 1. The van der Waals surface area contributed by atoms with Gasteiger partial charge in [-0.15, -0.1) is 0 Å². The van der Waals surface area contributed by atoms with E-state index in [0.717, 1.165) is 29.1 Å². The van der Waals surface area contributed by atoms with Crippen LogP contribution in [0.3, 0.4) is 0 Å². The standard InChI is InChI=1S/C24H24N4O2/c1-17-21(18(2)28-22(25-17)16-23(29)26-28)15-24(30)27(20-11-7-4-8-12-20)14-13-19-9-5-3-6-10-19/h3-12,16H,13-15H2,1-2H3,(H,26,29). The molecule has 0 atom stereocenters. The summed E-state index contributed by atoms with van der Waals surface area (Å²) < 4.78 is 1.65.